The van der Waals surface area contributed by atoms with Gasteiger partial charge in [0.1, 0.15) is 5.82 Å². The molecule has 2 bridgehead atoms. The summed E-state index contributed by atoms with van der Waals surface area (Å²) in [4.78, 5) is 23.3. The molecular weight excluding hydrogens is 485 g/mol. The number of nitrogens with one attached hydrogen (secondary N) is 1. The van der Waals surface area contributed by atoms with E-state index in [0.717, 1.165) is 52.5 Å². The first-order valence-electron chi connectivity index (χ1n) is 13.6. The number of anilines is 1. The van der Waals surface area contributed by atoms with Gasteiger partial charge in [-0.15, -0.1) is 0 Å². The maximum Gasteiger partial charge on any atom is 0.229 e. The molecule has 1 amide bonds. The quantitative estimate of drug-likeness (QED) is 0.384. The highest BCUT2D eigenvalue weighted by Gasteiger charge is 2.43. The number of carbonyl (C=O) groups excluding carboxylic acids is 1. The van der Waals surface area contributed by atoms with Crippen LogP contribution in [0, 0.1) is 23.1 Å². The molecule has 37 heavy (non-hydrogen) atoms. The van der Waals surface area contributed by atoms with E-state index in [4.69, 9.17) is 21.6 Å². The summed E-state index contributed by atoms with van der Waals surface area (Å²) >= 11 is 6.02. The Morgan fingerprint density at radius 3 is 2.81 bits per heavy atom. The van der Waals surface area contributed by atoms with Crippen molar-refractivity contribution >= 4 is 23.3 Å². The van der Waals surface area contributed by atoms with Crippen LogP contribution < -0.4 is 5.32 Å². The highest BCUT2D eigenvalue weighted by atomic mass is 35.5. The molecule has 4 nitrogen and oxygen atoms in total. The third-order valence-corrected chi connectivity index (χ3v) is 8.88. The molecule has 0 radical (unpaired) electrons. The molecule has 3 aliphatic rings. The highest BCUT2D eigenvalue weighted by molar-refractivity contribution is 6.30. The summed E-state index contributed by atoms with van der Waals surface area (Å²) < 4.78 is 14.0. The lowest BCUT2D eigenvalue weighted by molar-refractivity contribution is -0.115. The van der Waals surface area contributed by atoms with Gasteiger partial charge in [0.05, 0.1) is 23.5 Å². The molecule has 2 aromatic carbocycles. The van der Waals surface area contributed by atoms with E-state index in [2.05, 4.69) is 12.2 Å². The van der Waals surface area contributed by atoms with Crippen LogP contribution in [0.2, 0.25) is 5.02 Å². The predicted molar refractivity (Wildman–Crippen MR) is 145 cm³/mol. The van der Waals surface area contributed by atoms with Crippen molar-refractivity contribution in [2.45, 2.75) is 71.1 Å². The van der Waals surface area contributed by atoms with Gasteiger partial charge in [-0.1, -0.05) is 43.5 Å². The van der Waals surface area contributed by atoms with Crippen molar-refractivity contribution in [3.05, 3.63) is 75.8 Å². The van der Waals surface area contributed by atoms with Crippen molar-refractivity contribution in [2.75, 3.05) is 5.32 Å². The van der Waals surface area contributed by atoms with Crippen molar-refractivity contribution in [3.8, 4) is 11.3 Å². The van der Waals surface area contributed by atoms with Gasteiger partial charge in [0.15, 0.2) is 5.82 Å². The number of benzene rings is 2. The molecular formula is C31H33ClFN3O. The topological polar surface area (TPSA) is 54.9 Å². The second kappa shape index (κ2) is 9.83. The van der Waals surface area contributed by atoms with Crippen LogP contribution in [0.1, 0.15) is 68.0 Å². The van der Waals surface area contributed by atoms with Gasteiger partial charge in [-0.2, -0.15) is 0 Å². The molecule has 6 heteroatoms. The molecule has 192 valence electrons. The fraction of sp³-hybridized carbons (Fsp3) is 0.452. The van der Waals surface area contributed by atoms with E-state index in [0.29, 0.717) is 23.2 Å². The van der Waals surface area contributed by atoms with Crippen LogP contribution >= 0.6 is 11.6 Å². The van der Waals surface area contributed by atoms with E-state index in [1.165, 1.54) is 44.6 Å². The number of carbonyl (C=O) groups is 1. The molecule has 2 saturated carbocycles. The van der Waals surface area contributed by atoms with Crippen LogP contribution in [0.5, 0.6) is 0 Å². The summed E-state index contributed by atoms with van der Waals surface area (Å²) in [6.45, 7) is 2.38. The van der Waals surface area contributed by atoms with Gasteiger partial charge in [0, 0.05) is 10.6 Å². The number of aromatic nitrogens is 2. The van der Waals surface area contributed by atoms with Crippen LogP contribution in [0.4, 0.5) is 10.2 Å². The van der Waals surface area contributed by atoms with Crippen molar-refractivity contribution in [2.24, 2.45) is 17.3 Å². The number of hydrogen-bond acceptors (Lipinski definition) is 3. The Labute approximate surface area is 223 Å². The summed E-state index contributed by atoms with van der Waals surface area (Å²) in [6.07, 6.45) is 10.0. The van der Waals surface area contributed by atoms with Crippen LogP contribution in [-0.2, 0) is 30.5 Å². The van der Waals surface area contributed by atoms with Gasteiger partial charge < -0.3 is 5.32 Å². The summed E-state index contributed by atoms with van der Waals surface area (Å²) in [5, 5.41) is 3.77. The molecule has 3 atom stereocenters. The van der Waals surface area contributed by atoms with Crippen molar-refractivity contribution in [1.82, 2.24) is 9.97 Å². The Bertz CT molecular complexity index is 1340. The van der Waals surface area contributed by atoms with Crippen LogP contribution in [0.3, 0.4) is 0 Å². The average molecular weight is 518 g/mol. The summed E-state index contributed by atoms with van der Waals surface area (Å²) in [5.41, 5.74) is 5.65. The SMILES string of the molecule is CC1CC2CCCC(Cc3nc4c(nc3NC(=O)Cc3ccc(Cl)cc3)CCc3cc(F)ccc3-4)(C1)C2. The highest BCUT2D eigenvalue weighted by Crippen LogP contribution is 2.53. The van der Waals surface area contributed by atoms with Crippen LogP contribution in [0.15, 0.2) is 42.5 Å². The monoisotopic (exact) mass is 517 g/mol. The van der Waals surface area contributed by atoms with Crippen molar-refractivity contribution in [1.29, 1.82) is 0 Å². The molecule has 1 aromatic heterocycles. The van der Waals surface area contributed by atoms with Gasteiger partial charge in [-0.05, 0) is 104 Å². The number of nitrogens with zero attached hydrogens (tertiary/aromatic N) is 2. The third-order valence-electron chi connectivity index (χ3n) is 8.63. The molecule has 2 fully saturated rings. The van der Waals surface area contributed by atoms with Crippen LogP contribution in [-0.4, -0.2) is 15.9 Å². The van der Waals surface area contributed by atoms with Gasteiger partial charge in [0.2, 0.25) is 5.91 Å². The standard InChI is InChI=1S/C31H33ClFN3O/c1-19-13-21-3-2-12-31(16-19,17-21)18-27-30(36-28(37)14-20-4-7-23(32)8-5-20)35-26-11-6-22-15-24(33)9-10-25(22)29(26)34-27/h4-5,7-10,15,19,21H,2-3,6,11-14,16-18H2,1H3,(H,35,36,37). The fourth-order valence-electron chi connectivity index (χ4n) is 7.28. The molecule has 0 saturated heterocycles. The number of halogens is 2. The van der Waals surface area contributed by atoms with Crippen molar-refractivity contribution < 1.29 is 9.18 Å². The number of fused-ring (bicyclic) bond motifs is 5. The lowest BCUT2D eigenvalue weighted by Gasteiger charge is -2.48. The first-order valence-corrected chi connectivity index (χ1v) is 14.0. The zero-order valence-corrected chi connectivity index (χ0v) is 22.1. The molecule has 1 N–H and O–H groups in total. The Morgan fingerprint density at radius 2 is 1.97 bits per heavy atom. The third kappa shape index (κ3) is 5.16. The molecule has 3 aliphatic carbocycles. The lowest BCUT2D eigenvalue weighted by atomic mass is 9.57. The number of amides is 1. The molecule has 3 unspecified atom stereocenters. The molecule has 0 aliphatic heterocycles. The average Bonchev–Trinajstić information content (AvgIpc) is 2.85. The molecule has 6 rings (SSSR count). The van der Waals surface area contributed by atoms with E-state index < -0.39 is 0 Å². The first-order chi connectivity index (χ1) is 17.9. The van der Waals surface area contributed by atoms with E-state index in [1.54, 1.807) is 18.2 Å². The minimum Gasteiger partial charge on any atom is -0.309 e. The molecule has 0 spiro atoms. The van der Waals surface area contributed by atoms with Crippen LogP contribution in [0.25, 0.3) is 11.3 Å². The Hall–Kier alpha value is -2.79. The zero-order valence-electron chi connectivity index (χ0n) is 21.3. The van der Waals surface area contributed by atoms with Crippen molar-refractivity contribution in [3.63, 3.8) is 0 Å². The first kappa shape index (κ1) is 24.5. The summed E-state index contributed by atoms with van der Waals surface area (Å²) in [6, 6.07) is 12.3. The smallest absolute Gasteiger partial charge is 0.229 e. The van der Waals surface area contributed by atoms with E-state index in [1.807, 2.05) is 18.2 Å². The summed E-state index contributed by atoms with van der Waals surface area (Å²) in [5.74, 6) is 1.76. The van der Waals surface area contributed by atoms with E-state index in [-0.39, 0.29) is 23.6 Å². The zero-order chi connectivity index (χ0) is 25.6. The maximum atomic E-state index is 14.0. The lowest BCUT2D eigenvalue weighted by Crippen LogP contribution is -2.38. The fourth-order valence-corrected chi connectivity index (χ4v) is 7.41. The second-order valence-electron chi connectivity index (χ2n) is 11.7. The minimum atomic E-state index is -0.218. The van der Waals surface area contributed by atoms with E-state index in [9.17, 15) is 9.18 Å². The van der Waals surface area contributed by atoms with Gasteiger partial charge in [0.25, 0.3) is 0 Å². The normalized spacial score (nSPS) is 24.2. The maximum absolute atomic E-state index is 14.0. The van der Waals surface area contributed by atoms with Gasteiger partial charge in [-0.3, -0.25) is 4.79 Å². The number of rotatable bonds is 5. The Kier molecular flexibility index (Phi) is 6.52. The van der Waals surface area contributed by atoms with Gasteiger partial charge >= 0.3 is 0 Å². The van der Waals surface area contributed by atoms with Gasteiger partial charge in [-0.25, -0.2) is 14.4 Å². The van der Waals surface area contributed by atoms with E-state index >= 15 is 0 Å². The summed E-state index contributed by atoms with van der Waals surface area (Å²) in [7, 11) is 0. The molecule has 1 heterocycles. The number of hydrogen-bond donors (Lipinski definition) is 1. The number of aryl methyl sites for hydroxylation is 2. The largest absolute Gasteiger partial charge is 0.309 e. The molecule has 3 aromatic rings. The second-order valence-corrected chi connectivity index (χ2v) is 12.1. The predicted octanol–water partition coefficient (Wildman–Crippen LogP) is 7.36. The Morgan fingerprint density at radius 1 is 1.14 bits per heavy atom. The minimum absolute atomic E-state index is 0.105. The Balaban J connectivity index is 1.36.